The van der Waals surface area contributed by atoms with Gasteiger partial charge in [0.15, 0.2) is 0 Å². The molecule has 0 unspecified atom stereocenters. The first-order valence-corrected chi connectivity index (χ1v) is 7.94. The molecule has 0 fully saturated rings. The molecular weight excluding hydrogens is 294 g/mol. The second kappa shape index (κ2) is 6.17. The van der Waals surface area contributed by atoms with Gasteiger partial charge < -0.3 is 4.74 Å². The minimum absolute atomic E-state index is 0.840. The van der Waals surface area contributed by atoms with Gasteiger partial charge in [-0.1, -0.05) is 60.7 Å². The van der Waals surface area contributed by atoms with Gasteiger partial charge in [-0.05, 0) is 29.3 Å². The Morgan fingerprint density at radius 2 is 1.42 bits per heavy atom. The molecule has 0 aliphatic rings. The summed E-state index contributed by atoms with van der Waals surface area (Å²) in [6.07, 6.45) is 1.96. The van der Waals surface area contributed by atoms with Crippen molar-refractivity contribution in [2.24, 2.45) is 0 Å². The van der Waals surface area contributed by atoms with Gasteiger partial charge >= 0.3 is 0 Å². The molecule has 3 aromatic carbocycles. The van der Waals surface area contributed by atoms with Gasteiger partial charge in [-0.2, -0.15) is 0 Å². The molecule has 0 spiro atoms. The zero-order valence-corrected chi connectivity index (χ0v) is 13.4. The number of ether oxygens (including phenoxy) is 1. The van der Waals surface area contributed by atoms with Crippen LogP contribution >= 0.6 is 0 Å². The Morgan fingerprint density at radius 3 is 2.08 bits per heavy atom. The monoisotopic (exact) mass is 311 g/mol. The van der Waals surface area contributed by atoms with Gasteiger partial charge in [0.2, 0.25) is 0 Å². The average molecular weight is 311 g/mol. The normalized spacial score (nSPS) is 10.7. The quantitative estimate of drug-likeness (QED) is 0.493. The van der Waals surface area contributed by atoms with E-state index in [0.717, 1.165) is 27.8 Å². The molecule has 0 N–H and O–H groups in total. The maximum Gasteiger partial charge on any atom is 0.119 e. The van der Waals surface area contributed by atoms with E-state index in [4.69, 9.17) is 4.74 Å². The van der Waals surface area contributed by atoms with Crippen molar-refractivity contribution in [3.05, 3.63) is 85.1 Å². The number of aromatic nitrogens is 1. The Hall–Kier alpha value is -3.13. The topological polar surface area (TPSA) is 22.1 Å². The van der Waals surface area contributed by atoms with Crippen LogP contribution in [0, 0.1) is 0 Å². The number of nitrogens with zero attached hydrogens (tertiary/aromatic N) is 1. The summed E-state index contributed by atoms with van der Waals surface area (Å²) in [4.78, 5) is 4.66. The van der Waals surface area contributed by atoms with Crippen LogP contribution in [0.1, 0.15) is 0 Å². The van der Waals surface area contributed by atoms with Crippen LogP contribution in [-0.2, 0) is 0 Å². The molecule has 0 saturated heterocycles. The van der Waals surface area contributed by atoms with E-state index >= 15 is 0 Å². The predicted molar refractivity (Wildman–Crippen MR) is 99.2 cm³/mol. The molecule has 0 aliphatic heterocycles. The summed E-state index contributed by atoms with van der Waals surface area (Å²) >= 11 is 0. The van der Waals surface area contributed by atoms with E-state index < -0.39 is 0 Å². The third kappa shape index (κ3) is 2.52. The third-order valence-electron chi connectivity index (χ3n) is 4.22. The second-order valence-electron chi connectivity index (χ2n) is 5.66. The van der Waals surface area contributed by atoms with Crippen molar-refractivity contribution in [3.8, 4) is 28.0 Å². The van der Waals surface area contributed by atoms with Gasteiger partial charge in [0.1, 0.15) is 5.75 Å². The highest BCUT2D eigenvalue weighted by Gasteiger charge is 2.13. The Bertz CT molecular complexity index is 979. The van der Waals surface area contributed by atoms with Gasteiger partial charge in [-0.3, -0.25) is 4.98 Å². The highest BCUT2D eigenvalue weighted by atomic mass is 16.5. The molecule has 4 rings (SSSR count). The lowest BCUT2D eigenvalue weighted by atomic mass is 9.92. The number of fused-ring (bicyclic) bond motifs is 1. The zero-order valence-electron chi connectivity index (χ0n) is 13.4. The van der Waals surface area contributed by atoms with Crippen LogP contribution in [0.15, 0.2) is 85.1 Å². The van der Waals surface area contributed by atoms with Crippen LogP contribution in [0.3, 0.4) is 0 Å². The average Bonchev–Trinajstić information content (AvgIpc) is 2.68. The van der Waals surface area contributed by atoms with Crippen LogP contribution < -0.4 is 4.74 Å². The van der Waals surface area contributed by atoms with E-state index in [1.165, 1.54) is 11.1 Å². The Kier molecular flexibility index (Phi) is 3.72. The van der Waals surface area contributed by atoms with Gasteiger partial charge in [0.05, 0.1) is 12.6 Å². The summed E-state index contributed by atoms with van der Waals surface area (Å²) in [7, 11) is 1.69. The molecule has 0 aliphatic carbocycles. The van der Waals surface area contributed by atoms with Crippen LogP contribution in [0.5, 0.6) is 5.75 Å². The smallest absolute Gasteiger partial charge is 0.119 e. The maximum atomic E-state index is 5.43. The molecule has 2 nitrogen and oxygen atoms in total. The Balaban J connectivity index is 2.09. The summed E-state index contributed by atoms with van der Waals surface area (Å²) in [6, 6.07) is 26.9. The fourth-order valence-electron chi connectivity index (χ4n) is 3.05. The molecular formula is C22H17NO. The van der Waals surface area contributed by atoms with Crippen molar-refractivity contribution >= 4 is 10.9 Å². The van der Waals surface area contributed by atoms with Crippen molar-refractivity contribution in [1.82, 2.24) is 4.98 Å². The third-order valence-corrected chi connectivity index (χ3v) is 4.22. The molecule has 0 atom stereocenters. The first kappa shape index (κ1) is 14.5. The molecule has 1 aromatic heterocycles. The number of rotatable bonds is 3. The molecule has 0 bridgehead atoms. The van der Waals surface area contributed by atoms with Crippen molar-refractivity contribution in [2.75, 3.05) is 7.11 Å². The first-order valence-electron chi connectivity index (χ1n) is 7.94. The summed E-state index contributed by atoms with van der Waals surface area (Å²) in [5.41, 5.74) is 5.62. The number of benzene rings is 3. The summed E-state index contributed by atoms with van der Waals surface area (Å²) in [5.74, 6) is 0.840. The second-order valence-corrected chi connectivity index (χ2v) is 5.66. The van der Waals surface area contributed by atoms with Crippen molar-refractivity contribution < 1.29 is 4.74 Å². The molecule has 0 saturated carbocycles. The molecule has 4 aromatic rings. The van der Waals surface area contributed by atoms with Crippen LogP contribution in [0.4, 0.5) is 0 Å². The van der Waals surface area contributed by atoms with E-state index in [0.29, 0.717) is 0 Å². The van der Waals surface area contributed by atoms with Crippen LogP contribution in [0.2, 0.25) is 0 Å². The lowest BCUT2D eigenvalue weighted by Gasteiger charge is -2.14. The lowest BCUT2D eigenvalue weighted by molar-refractivity contribution is 0.415. The summed E-state index contributed by atoms with van der Waals surface area (Å²) in [6.45, 7) is 0. The molecule has 1 heterocycles. The van der Waals surface area contributed by atoms with E-state index in [1.54, 1.807) is 7.11 Å². The van der Waals surface area contributed by atoms with Gasteiger partial charge in [-0.25, -0.2) is 0 Å². The van der Waals surface area contributed by atoms with E-state index in [1.807, 2.05) is 30.5 Å². The van der Waals surface area contributed by atoms with Gasteiger partial charge in [0, 0.05) is 22.7 Å². The summed E-state index contributed by atoms with van der Waals surface area (Å²) in [5, 5.41) is 1.10. The minimum atomic E-state index is 0.840. The number of hydrogen-bond acceptors (Lipinski definition) is 2. The molecule has 116 valence electrons. The Labute approximate surface area is 141 Å². The van der Waals surface area contributed by atoms with Crippen molar-refractivity contribution in [3.63, 3.8) is 0 Å². The minimum Gasteiger partial charge on any atom is -0.497 e. The van der Waals surface area contributed by atoms with Crippen LogP contribution in [0.25, 0.3) is 33.2 Å². The molecule has 0 amide bonds. The predicted octanol–water partition coefficient (Wildman–Crippen LogP) is 5.58. The number of hydrogen-bond donors (Lipinski definition) is 0. The fourth-order valence-corrected chi connectivity index (χ4v) is 3.05. The SMILES string of the molecule is COc1ccc2ncc(-c3ccccc3)c(-c3ccccc3)c2c1. The van der Waals surface area contributed by atoms with E-state index in [-0.39, 0.29) is 0 Å². The van der Waals surface area contributed by atoms with E-state index in [9.17, 15) is 0 Å². The number of methoxy groups -OCH3 is 1. The largest absolute Gasteiger partial charge is 0.497 e. The maximum absolute atomic E-state index is 5.43. The van der Waals surface area contributed by atoms with Crippen molar-refractivity contribution in [2.45, 2.75) is 0 Å². The summed E-state index contributed by atoms with van der Waals surface area (Å²) < 4.78 is 5.43. The molecule has 2 heteroatoms. The number of pyridine rings is 1. The first-order chi connectivity index (χ1) is 11.9. The van der Waals surface area contributed by atoms with Crippen LogP contribution in [-0.4, -0.2) is 12.1 Å². The van der Waals surface area contributed by atoms with Gasteiger partial charge in [0.25, 0.3) is 0 Å². The standard InChI is InChI=1S/C22H17NO/c1-24-18-12-13-21-19(14-18)22(17-10-6-3-7-11-17)20(15-23-21)16-8-4-2-5-9-16/h2-15H,1H3. The highest BCUT2D eigenvalue weighted by Crippen LogP contribution is 2.38. The molecule has 0 radical (unpaired) electrons. The lowest BCUT2D eigenvalue weighted by Crippen LogP contribution is -1.91. The Morgan fingerprint density at radius 1 is 0.750 bits per heavy atom. The van der Waals surface area contributed by atoms with E-state index in [2.05, 4.69) is 59.6 Å². The molecule has 24 heavy (non-hydrogen) atoms. The highest BCUT2D eigenvalue weighted by molar-refractivity contribution is 6.02. The van der Waals surface area contributed by atoms with Crippen molar-refractivity contribution in [1.29, 1.82) is 0 Å². The van der Waals surface area contributed by atoms with Gasteiger partial charge in [-0.15, -0.1) is 0 Å². The fraction of sp³-hybridized carbons (Fsp3) is 0.0455. The zero-order chi connectivity index (χ0) is 16.4.